The van der Waals surface area contributed by atoms with Crippen LogP contribution in [0.3, 0.4) is 0 Å². The number of aryl methyl sites for hydroxylation is 2. The van der Waals surface area contributed by atoms with E-state index >= 15 is 0 Å². The molecule has 2 aromatic heterocycles. The van der Waals surface area contributed by atoms with Gasteiger partial charge in [0.15, 0.2) is 17.4 Å². The van der Waals surface area contributed by atoms with E-state index < -0.39 is 5.82 Å². The van der Waals surface area contributed by atoms with Gasteiger partial charge in [-0.15, -0.1) is 0 Å². The van der Waals surface area contributed by atoms with Crippen LogP contribution in [0, 0.1) is 18.2 Å². The van der Waals surface area contributed by atoms with Gasteiger partial charge in [0.2, 0.25) is 5.91 Å². The van der Waals surface area contributed by atoms with Crippen LogP contribution in [-0.4, -0.2) is 22.6 Å². The Kier molecular flexibility index (Phi) is 4.98. The number of rotatable bonds is 4. The third-order valence-corrected chi connectivity index (χ3v) is 4.19. The van der Waals surface area contributed by atoms with Gasteiger partial charge in [-0.25, -0.2) is 9.37 Å². The smallest absolute Gasteiger partial charge is 0.226 e. The number of aromatic nitrogens is 2. The summed E-state index contributed by atoms with van der Waals surface area (Å²) < 4.78 is 19.8. The lowest BCUT2D eigenvalue weighted by atomic mass is 9.92. The fraction of sp³-hybridized carbons (Fsp3) is 0.526. The van der Waals surface area contributed by atoms with Crippen LogP contribution in [0.15, 0.2) is 16.7 Å². The molecule has 0 bridgehead atoms. The molecule has 0 saturated carbocycles. The molecule has 0 atom stereocenters. The average molecular weight is 360 g/mol. The lowest BCUT2D eigenvalue weighted by molar-refractivity contribution is -0.117. The first-order chi connectivity index (χ1) is 12.2. The average Bonchev–Trinajstić information content (AvgIpc) is 2.92. The molecular formula is C19H25FN4O2. The second-order valence-corrected chi connectivity index (χ2v) is 8.03. The molecule has 6 nitrogen and oxygen atoms in total. The lowest BCUT2D eigenvalue weighted by Crippen LogP contribution is -2.30. The molecule has 0 aromatic carbocycles. The van der Waals surface area contributed by atoms with Gasteiger partial charge in [0.1, 0.15) is 0 Å². The molecule has 1 aliphatic heterocycles. The topological polar surface area (TPSA) is 71.3 Å². The van der Waals surface area contributed by atoms with E-state index in [1.165, 1.54) is 6.07 Å². The molecular weight excluding hydrogens is 335 g/mol. The maximum Gasteiger partial charge on any atom is 0.226 e. The minimum Gasteiger partial charge on any atom is -0.362 e. The molecule has 0 fully saturated rings. The summed E-state index contributed by atoms with van der Waals surface area (Å²) in [6.07, 6.45) is 1.97. The lowest BCUT2D eigenvalue weighted by Gasteiger charge is -2.30. The van der Waals surface area contributed by atoms with Gasteiger partial charge in [-0.3, -0.25) is 4.79 Å². The maximum absolute atomic E-state index is 14.5. The van der Waals surface area contributed by atoms with Crippen LogP contribution in [-0.2, 0) is 17.8 Å². The second-order valence-electron chi connectivity index (χ2n) is 8.03. The van der Waals surface area contributed by atoms with Crippen molar-refractivity contribution in [2.75, 3.05) is 16.8 Å². The molecule has 3 heterocycles. The largest absolute Gasteiger partial charge is 0.362 e. The first-order valence-electron chi connectivity index (χ1n) is 8.88. The quantitative estimate of drug-likeness (QED) is 0.897. The maximum atomic E-state index is 14.5. The van der Waals surface area contributed by atoms with E-state index in [-0.39, 0.29) is 17.1 Å². The Hall–Kier alpha value is -2.44. The molecule has 0 saturated heterocycles. The van der Waals surface area contributed by atoms with E-state index in [0.717, 1.165) is 42.2 Å². The van der Waals surface area contributed by atoms with Crippen LogP contribution < -0.4 is 10.2 Å². The summed E-state index contributed by atoms with van der Waals surface area (Å²) in [7, 11) is 0. The number of nitrogens with zero attached hydrogens (tertiary/aromatic N) is 3. The summed E-state index contributed by atoms with van der Waals surface area (Å²) in [5.74, 6) is -0.00557. The Morgan fingerprint density at radius 1 is 1.38 bits per heavy atom. The highest BCUT2D eigenvalue weighted by molar-refractivity contribution is 5.90. The molecule has 140 valence electrons. The van der Waals surface area contributed by atoms with Gasteiger partial charge in [-0.1, -0.05) is 25.9 Å². The van der Waals surface area contributed by atoms with E-state index in [0.29, 0.717) is 13.0 Å². The van der Waals surface area contributed by atoms with Crippen molar-refractivity contribution >= 4 is 17.4 Å². The van der Waals surface area contributed by atoms with Crippen LogP contribution in [0.25, 0.3) is 0 Å². The molecule has 1 N–H and O–H groups in total. The van der Waals surface area contributed by atoms with E-state index in [9.17, 15) is 9.18 Å². The molecule has 0 spiro atoms. The fourth-order valence-corrected chi connectivity index (χ4v) is 3.12. The van der Waals surface area contributed by atoms with E-state index in [1.54, 1.807) is 0 Å². The number of nitrogens with one attached hydrogen (secondary N) is 1. The zero-order chi connectivity index (χ0) is 18.9. The summed E-state index contributed by atoms with van der Waals surface area (Å²) in [6.45, 7) is 9.07. The SMILES string of the molecule is Cc1cc(CN2CCCc3nc(NC(=O)CC(C)(C)C)c(F)cc32)on1. The molecule has 0 aliphatic carbocycles. The number of carbonyl (C=O) groups excluding carboxylic acids is 1. The minimum atomic E-state index is -0.522. The zero-order valence-corrected chi connectivity index (χ0v) is 15.7. The summed E-state index contributed by atoms with van der Waals surface area (Å²) in [6, 6.07) is 3.33. The number of amides is 1. The minimum absolute atomic E-state index is 0.00959. The van der Waals surface area contributed by atoms with Crippen molar-refractivity contribution in [3.63, 3.8) is 0 Å². The highest BCUT2D eigenvalue weighted by Gasteiger charge is 2.24. The number of hydrogen-bond acceptors (Lipinski definition) is 5. The first kappa shape index (κ1) is 18.4. The summed E-state index contributed by atoms with van der Waals surface area (Å²) in [5, 5.41) is 6.51. The summed E-state index contributed by atoms with van der Waals surface area (Å²) in [4.78, 5) is 18.5. The van der Waals surface area contributed by atoms with Crippen molar-refractivity contribution in [2.24, 2.45) is 5.41 Å². The van der Waals surface area contributed by atoms with Crippen molar-refractivity contribution in [1.29, 1.82) is 0 Å². The third kappa shape index (κ3) is 4.39. The standard InChI is InChI=1S/C19H25FN4O2/c1-12-8-13(26-23-12)11-24-7-5-6-15-16(24)9-14(20)18(21-15)22-17(25)10-19(2,3)4/h8-9H,5-7,10-11H2,1-4H3,(H,21,22,25). The second kappa shape index (κ2) is 7.05. The highest BCUT2D eigenvalue weighted by Crippen LogP contribution is 2.31. The molecule has 26 heavy (non-hydrogen) atoms. The van der Waals surface area contributed by atoms with E-state index in [4.69, 9.17) is 4.52 Å². The van der Waals surface area contributed by atoms with Crippen molar-refractivity contribution in [3.8, 4) is 0 Å². The fourth-order valence-electron chi connectivity index (χ4n) is 3.12. The van der Waals surface area contributed by atoms with Crippen LogP contribution in [0.5, 0.6) is 0 Å². The molecule has 0 unspecified atom stereocenters. The Labute approximate surface area is 152 Å². The van der Waals surface area contributed by atoms with Gasteiger partial charge in [0.05, 0.1) is 23.6 Å². The third-order valence-electron chi connectivity index (χ3n) is 4.19. The number of halogens is 1. The number of pyridine rings is 1. The van der Waals surface area contributed by atoms with Gasteiger partial charge in [0.25, 0.3) is 0 Å². The Morgan fingerprint density at radius 3 is 2.81 bits per heavy atom. The predicted molar refractivity (Wildman–Crippen MR) is 97.5 cm³/mol. The number of anilines is 2. The Bertz CT molecular complexity index is 810. The highest BCUT2D eigenvalue weighted by atomic mass is 19.1. The molecule has 7 heteroatoms. The number of carbonyl (C=O) groups is 1. The molecule has 1 amide bonds. The number of hydrogen-bond donors (Lipinski definition) is 1. The normalized spacial score (nSPS) is 14.3. The first-order valence-corrected chi connectivity index (χ1v) is 8.88. The monoisotopic (exact) mass is 360 g/mol. The summed E-state index contributed by atoms with van der Waals surface area (Å²) >= 11 is 0. The van der Waals surface area contributed by atoms with Gasteiger partial charge in [0, 0.05) is 25.1 Å². The number of fused-ring (bicyclic) bond motifs is 1. The van der Waals surface area contributed by atoms with Crippen LogP contribution in [0.4, 0.5) is 15.9 Å². The van der Waals surface area contributed by atoms with E-state index in [2.05, 4.69) is 15.5 Å². The van der Waals surface area contributed by atoms with Gasteiger partial charge >= 0.3 is 0 Å². The van der Waals surface area contributed by atoms with Crippen molar-refractivity contribution < 1.29 is 13.7 Å². The molecule has 1 aliphatic rings. The zero-order valence-electron chi connectivity index (χ0n) is 15.7. The van der Waals surface area contributed by atoms with E-state index in [1.807, 2.05) is 38.7 Å². The Balaban J connectivity index is 1.79. The Morgan fingerprint density at radius 2 is 2.15 bits per heavy atom. The molecule has 2 aromatic rings. The van der Waals surface area contributed by atoms with Gasteiger partial charge < -0.3 is 14.7 Å². The molecule has 0 radical (unpaired) electrons. The van der Waals surface area contributed by atoms with Crippen molar-refractivity contribution in [2.45, 2.75) is 53.5 Å². The van der Waals surface area contributed by atoms with Crippen LogP contribution in [0.1, 0.15) is 50.8 Å². The van der Waals surface area contributed by atoms with Crippen molar-refractivity contribution in [1.82, 2.24) is 10.1 Å². The van der Waals surface area contributed by atoms with Gasteiger partial charge in [-0.2, -0.15) is 0 Å². The van der Waals surface area contributed by atoms with Crippen LogP contribution in [0.2, 0.25) is 0 Å². The predicted octanol–water partition coefficient (Wildman–Crippen LogP) is 3.84. The van der Waals surface area contributed by atoms with Gasteiger partial charge in [-0.05, 0) is 25.2 Å². The summed E-state index contributed by atoms with van der Waals surface area (Å²) in [5.41, 5.74) is 2.19. The van der Waals surface area contributed by atoms with Crippen molar-refractivity contribution in [3.05, 3.63) is 35.1 Å². The molecule has 3 rings (SSSR count). The van der Waals surface area contributed by atoms with Crippen LogP contribution >= 0.6 is 0 Å².